The molecular formula is C24H46O5Si2. The van der Waals surface area contributed by atoms with Crippen molar-refractivity contribution in [3.8, 4) is 0 Å². The second kappa shape index (κ2) is 8.78. The molecule has 4 saturated carbocycles. The summed E-state index contributed by atoms with van der Waals surface area (Å²) in [5.74, 6) is 4.03. The molecule has 0 aromatic heterocycles. The molecule has 4 bridgehead atoms. The lowest BCUT2D eigenvalue weighted by Crippen LogP contribution is -2.60. The zero-order valence-electron chi connectivity index (χ0n) is 20.9. The summed E-state index contributed by atoms with van der Waals surface area (Å²) in [6.07, 6.45) is 8.62. The van der Waals surface area contributed by atoms with E-state index in [0.29, 0.717) is 40.9 Å². The van der Waals surface area contributed by atoms with Gasteiger partial charge in [-0.15, -0.1) is 0 Å². The summed E-state index contributed by atoms with van der Waals surface area (Å²) in [6, 6.07) is 0. The van der Waals surface area contributed by atoms with Crippen LogP contribution in [-0.4, -0.2) is 50.4 Å². The first kappa shape index (κ1) is 24.4. The molecule has 0 heterocycles. The minimum absolute atomic E-state index is 0.314. The quantitative estimate of drug-likeness (QED) is 0.469. The number of fused-ring (bicyclic) bond motifs is 4. The lowest BCUT2D eigenvalue weighted by atomic mass is 9.77. The summed E-state index contributed by atoms with van der Waals surface area (Å²) in [4.78, 5) is 0. The normalized spacial score (nSPS) is 41.8. The summed E-state index contributed by atoms with van der Waals surface area (Å²) in [5, 5.41) is 9.72. The number of hydrogen-bond acceptors (Lipinski definition) is 5. The molecule has 7 heteroatoms. The van der Waals surface area contributed by atoms with E-state index in [-0.39, 0.29) is 0 Å². The van der Waals surface area contributed by atoms with Crippen molar-refractivity contribution in [3.05, 3.63) is 0 Å². The number of rotatable bonds is 9. The first-order valence-electron chi connectivity index (χ1n) is 12.5. The monoisotopic (exact) mass is 470 g/mol. The average Bonchev–Trinajstić information content (AvgIpc) is 3.50. The van der Waals surface area contributed by atoms with Crippen molar-refractivity contribution in [1.29, 1.82) is 0 Å². The molecule has 5 nitrogen and oxygen atoms in total. The van der Waals surface area contributed by atoms with E-state index in [4.69, 9.17) is 17.4 Å². The molecule has 0 amide bonds. The maximum absolute atomic E-state index is 9.72. The first-order valence-corrected chi connectivity index (χ1v) is 16.7. The van der Waals surface area contributed by atoms with E-state index in [1.807, 2.05) is 7.11 Å². The van der Waals surface area contributed by atoms with Crippen LogP contribution in [0.1, 0.15) is 65.7 Å². The minimum atomic E-state index is -2.86. The van der Waals surface area contributed by atoms with Crippen LogP contribution in [0.4, 0.5) is 0 Å². The van der Waals surface area contributed by atoms with Crippen LogP contribution in [0.3, 0.4) is 0 Å². The standard InChI is InChI=1S/C24H46O5Si2/c1-24(2,3)14-20-10-18-8-16(20)12-22(18)30(7,26-4)29-31(27-5,28-6)23-13-17-9-19(23)11-21(17)15-25/h16-23,25H,8-15H2,1-7H3. The van der Waals surface area contributed by atoms with Crippen LogP contribution in [0.25, 0.3) is 0 Å². The SMILES string of the molecule is CO[Si](C)(O[Si](OC)(OC)C1CC2CC1CC2CO)C1CC2CC1CC2CC(C)(C)C. The third-order valence-corrected chi connectivity index (χ3v) is 17.9. The van der Waals surface area contributed by atoms with Gasteiger partial charge in [-0.2, -0.15) is 0 Å². The molecule has 4 rings (SSSR count). The summed E-state index contributed by atoms with van der Waals surface area (Å²) < 4.78 is 25.8. The third-order valence-electron chi connectivity index (χ3n) is 9.56. The van der Waals surface area contributed by atoms with E-state index in [2.05, 4.69) is 27.3 Å². The van der Waals surface area contributed by atoms with Crippen LogP contribution >= 0.6 is 0 Å². The number of aliphatic hydroxyl groups excluding tert-OH is 1. The largest absolute Gasteiger partial charge is 0.495 e. The Labute approximate surface area is 192 Å². The van der Waals surface area contributed by atoms with Gasteiger partial charge in [0.05, 0.1) is 0 Å². The van der Waals surface area contributed by atoms with Gasteiger partial charge in [-0.05, 0) is 92.4 Å². The molecule has 4 aliphatic rings. The van der Waals surface area contributed by atoms with Gasteiger partial charge in [0.25, 0.3) is 0 Å². The minimum Gasteiger partial charge on any atom is -0.398 e. The highest BCUT2D eigenvalue weighted by Crippen LogP contribution is 2.62. The molecule has 0 aromatic rings. The van der Waals surface area contributed by atoms with Gasteiger partial charge < -0.3 is 22.5 Å². The molecule has 4 fully saturated rings. The van der Waals surface area contributed by atoms with Gasteiger partial charge in [0.2, 0.25) is 0 Å². The van der Waals surface area contributed by atoms with E-state index >= 15 is 0 Å². The van der Waals surface area contributed by atoms with Crippen molar-refractivity contribution < 1.29 is 22.5 Å². The van der Waals surface area contributed by atoms with E-state index in [0.717, 1.165) is 30.6 Å². The predicted molar refractivity (Wildman–Crippen MR) is 127 cm³/mol. The third kappa shape index (κ3) is 4.37. The molecule has 31 heavy (non-hydrogen) atoms. The van der Waals surface area contributed by atoms with Crippen LogP contribution in [0, 0.1) is 40.9 Å². The summed E-state index contributed by atoms with van der Waals surface area (Å²) in [5.41, 5.74) is 1.30. The highest BCUT2D eigenvalue weighted by Gasteiger charge is 2.64. The second-order valence-corrected chi connectivity index (χ2v) is 19.2. The molecule has 0 spiro atoms. The molecular weight excluding hydrogens is 424 g/mol. The second-order valence-electron chi connectivity index (χ2n) is 12.5. The average molecular weight is 471 g/mol. The van der Waals surface area contributed by atoms with Crippen molar-refractivity contribution in [2.45, 2.75) is 83.3 Å². The highest BCUT2D eigenvalue weighted by molar-refractivity contribution is 6.79. The molecule has 0 radical (unpaired) electrons. The Balaban J connectivity index is 1.48. The Kier molecular flexibility index (Phi) is 6.90. The van der Waals surface area contributed by atoms with Gasteiger partial charge in [-0.3, -0.25) is 0 Å². The van der Waals surface area contributed by atoms with Crippen LogP contribution in [0.5, 0.6) is 0 Å². The Morgan fingerprint density at radius 1 is 0.742 bits per heavy atom. The first-order chi connectivity index (χ1) is 14.6. The molecule has 0 aliphatic heterocycles. The van der Waals surface area contributed by atoms with E-state index in [1.54, 1.807) is 14.2 Å². The smallest absolute Gasteiger partial charge is 0.398 e. The molecule has 1 N–H and O–H groups in total. The number of aliphatic hydroxyl groups is 1. The Morgan fingerprint density at radius 3 is 1.71 bits per heavy atom. The van der Waals surface area contributed by atoms with Crippen molar-refractivity contribution >= 4 is 17.4 Å². The summed E-state index contributed by atoms with van der Waals surface area (Å²) in [7, 11) is 0.109. The molecule has 4 aliphatic carbocycles. The fourth-order valence-electron chi connectivity index (χ4n) is 8.22. The van der Waals surface area contributed by atoms with Crippen LogP contribution < -0.4 is 0 Å². The van der Waals surface area contributed by atoms with Crippen LogP contribution in [0.2, 0.25) is 17.6 Å². The Hall–Kier alpha value is 0.234. The number of hydrogen-bond donors (Lipinski definition) is 1. The van der Waals surface area contributed by atoms with Gasteiger partial charge in [-0.1, -0.05) is 20.8 Å². The zero-order chi connectivity index (χ0) is 22.6. The van der Waals surface area contributed by atoms with Gasteiger partial charge in [0, 0.05) is 39.0 Å². The maximum atomic E-state index is 9.72. The van der Waals surface area contributed by atoms with Crippen molar-refractivity contribution in [1.82, 2.24) is 0 Å². The summed E-state index contributed by atoms with van der Waals surface area (Å²) in [6.45, 7) is 9.72. The van der Waals surface area contributed by atoms with Crippen LogP contribution in [0.15, 0.2) is 0 Å². The van der Waals surface area contributed by atoms with Gasteiger partial charge >= 0.3 is 17.4 Å². The van der Waals surface area contributed by atoms with Crippen molar-refractivity contribution in [2.75, 3.05) is 27.9 Å². The van der Waals surface area contributed by atoms with E-state index in [9.17, 15) is 5.11 Å². The molecule has 9 unspecified atom stereocenters. The van der Waals surface area contributed by atoms with E-state index in [1.165, 1.54) is 32.1 Å². The molecule has 9 atom stereocenters. The van der Waals surface area contributed by atoms with E-state index < -0.39 is 17.4 Å². The zero-order valence-corrected chi connectivity index (χ0v) is 22.9. The fraction of sp³-hybridized carbons (Fsp3) is 1.00. The highest BCUT2D eigenvalue weighted by atomic mass is 28.5. The Bertz CT molecular complexity index is 636. The van der Waals surface area contributed by atoms with Crippen molar-refractivity contribution in [3.63, 3.8) is 0 Å². The van der Waals surface area contributed by atoms with Gasteiger partial charge in [0.1, 0.15) is 0 Å². The van der Waals surface area contributed by atoms with Gasteiger partial charge in [0.15, 0.2) is 0 Å². The Morgan fingerprint density at radius 2 is 1.29 bits per heavy atom. The van der Waals surface area contributed by atoms with Crippen molar-refractivity contribution in [2.24, 2.45) is 40.9 Å². The molecule has 180 valence electrons. The van der Waals surface area contributed by atoms with Gasteiger partial charge in [-0.25, -0.2) is 0 Å². The lowest BCUT2D eigenvalue weighted by molar-refractivity contribution is 0.0979. The topological polar surface area (TPSA) is 57.2 Å². The summed E-state index contributed by atoms with van der Waals surface area (Å²) >= 11 is 0. The van der Waals surface area contributed by atoms with Crippen LogP contribution in [-0.2, 0) is 17.4 Å². The molecule has 0 saturated heterocycles. The maximum Gasteiger partial charge on any atom is 0.495 e. The predicted octanol–water partition coefficient (Wildman–Crippen LogP) is 5.21. The lowest BCUT2D eigenvalue weighted by Gasteiger charge is -2.45. The fourth-order valence-corrected chi connectivity index (χ4v) is 17.1. The molecule has 0 aromatic carbocycles.